The van der Waals surface area contributed by atoms with Crippen molar-refractivity contribution < 1.29 is 0 Å². The number of halogens is 2. The van der Waals surface area contributed by atoms with E-state index < -0.39 is 0 Å². The van der Waals surface area contributed by atoms with Gasteiger partial charge in [0.05, 0.1) is 5.69 Å². The van der Waals surface area contributed by atoms with E-state index in [0.717, 1.165) is 22.7 Å². The molecule has 0 saturated heterocycles. The highest BCUT2D eigenvalue weighted by molar-refractivity contribution is 8.13. The van der Waals surface area contributed by atoms with Gasteiger partial charge in [-0.15, -0.1) is 24.8 Å². The normalized spacial score (nSPS) is 9.47. The smallest absolute Gasteiger partial charge is 0.151 e. The fourth-order valence-electron chi connectivity index (χ4n) is 1.41. The maximum atomic E-state index is 7.13. The highest BCUT2D eigenvalue weighted by Crippen LogP contribution is 2.13. The van der Waals surface area contributed by atoms with Crippen LogP contribution in [0.2, 0.25) is 0 Å². The molecule has 0 unspecified atom stereocenters. The summed E-state index contributed by atoms with van der Waals surface area (Å²) in [5, 5.41) is 7.28. The standard InChI is InChI=1S/C10H12N4S.2ClH/c1-7-4-14-5-8(6-15-10(11)12)2-3-9(14)13-7;;/h2-5H,6H2,1H3,(H3,11,12);2*1H. The van der Waals surface area contributed by atoms with E-state index in [1.54, 1.807) is 0 Å². The van der Waals surface area contributed by atoms with Gasteiger partial charge in [0.25, 0.3) is 0 Å². The molecule has 0 aromatic carbocycles. The minimum Gasteiger partial charge on any atom is -0.379 e. The minimum atomic E-state index is 0. The van der Waals surface area contributed by atoms with E-state index in [0.29, 0.717) is 0 Å². The quantitative estimate of drug-likeness (QED) is 0.660. The van der Waals surface area contributed by atoms with Gasteiger partial charge in [-0.05, 0) is 18.6 Å². The molecule has 0 amide bonds. The topological polar surface area (TPSA) is 67.2 Å². The number of amidine groups is 1. The molecule has 7 heteroatoms. The summed E-state index contributed by atoms with van der Waals surface area (Å²) in [7, 11) is 0. The zero-order valence-electron chi connectivity index (χ0n) is 9.21. The SMILES string of the molecule is Cc1cn2cc(CSC(=N)N)ccc2n1.Cl.Cl. The first-order chi connectivity index (χ1) is 7.15. The van der Waals surface area contributed by atoms with Crippen molar-refractivity contribution in [2.75, 3.05) is 0 Å². The van der Waals surface area contributed by atoms with Gasteiger partial charge < -0.3 is 10.1 Å². The molecule has 2 aromatic rings. The Balaban J connectivity index is 0.00000128. The summed E-state index contributed by atoms with van der Waals surface area (Å²) in [6, 6.07) is 3.99. The van der Waals surface area contributed by atoms with Gasteiger partial charge >= 0.3 is 0 Å². The lowest BCUT2D eigenvalue weighted by Gasteiger charge is -2.00. The van der Waals surface area contributed by atoms with Gasteiger partial charge in [-0.25, -0.2) is 4.98 Å². The second-order valence-corrected chi connectivity index (χ2v) is 4.36. The van der Waals surface area contributed by atoms with Crippen molar-refractivity contribution in [3.8, 4) is 0 Å². The molecule has 0 bridgehead atoms. The van der Waals surface area contributed by atoms with Crippen molar-refractivity contribution in [1.82, 2.24) is 9.38 Å². The van der Waals surface area contributed by atoms with Gasteiger partial charge in [0.2, 0.25) is 0 Å². The zero-order chi connectivity index (χ0) is 10.8. The van der Waals surface area contributed by atoms with E-state index in [1.165, 1.54) is 11.8 Å². The van der Waals surface area contributed by atoms with Crippen LogP contribution in [0.3, 0.4) is 0 Å². The molecule has 17 heavy (non-hydrogen) atoms. The third-order valence-corrected chi connectivity index (χ3v) is 2.82. The molecule has 0 aliphatic heterocycles. The number of aryl methyl sites for hydroxylation is 1. The number of nitrogens with two attached hydrogens (primary N) is 1. The Labute approximate surface area is 116 Å². The Morgan fingerprint density at radius 1 is 1.41 bits per heavy atom. The Kier molecular flexibility index (Phi) is 6.37. The Morgan fingerprint density at radius 3 is 2.76 bits per heavy atom. The molecule has 0 spiro atoms. The van der Waals surface area contributed by atoms with Crippen molar-refractivity contribution in [2.45, 2.75) is 12.7 Å². The van der Waals surface area contributed by atoms with E-state index in [-0.39, 0.29) is 30.0 Å². The van der Waals surface area contributed by atoms with Crippen LogP contribution in [0.25, 0.3) is 5.65 Å². The number of imidazole rings is 1. The van der Waals surface area contributed by atoms with Crippen LogP contribution in [-0.2, 0) is 5.75 Å². The molecule has 94 valence electrons. The summed E-state index contributed by atoms with van der Waals surface area (Å²) >= 11 is 1.33. The second kappa shape index (κ2) is 6.74. The van der Waals surface area contributed by atoms with Gasteiger partial charge in [-0.2, -0.15) is 0 Å². The molecule has 0 fully saturated rings. The molecule has 0 atom stereocenters. The van der Waals surface area contributed by atoms with Crippen molar-refractivity contribution in [2.24, 2.45) is 5.73 Å². The predicted octanol–water partition coefficient (Wildman–Crippen LogP) is 2.61. The van der Waals surface area contributed by atoms with Crippen molar-refractivity contribution in [3.63, 3.8) is 0 Å². The number of hydrogen-bond donors (Lipinski definition) is 2. The van der Waals surface area contributed by atoms with Crippen LogP contribution in [0.5, 0.6) is 0 Å². The lowest BCUT2D eigenvalue weighted by Crippen LogP contribution is -2.03. The number of pyridine rings is 1. The fourth-order valence-corrected chi connectivity index (χ4v) is 1.90. The summed E-state index contributed by atoms with van der Waals surface area (Å²) < 4.78 is 1.99. The van der Waals surface area contributed by atoms with Gasteiger partial charge in [0, 0.05) is 18.1 Å². The highest BCUT2D eigenvalue weighted by Gasteiger charge is 2.00. The molecule has 0 radical (unpaired) electrons. The molecule has 2 rings (SSSR count). The zero-order valence-corrected chi connectivity index (χ0v) is 11.7. The molecule has 2 heterocycles. The molecule has 3 N–H and O–H groups in total. The average Bonchev–Trinajstić information content (AvgIpc) is 2.53. The maximum Gasteiger partial charge on any atom is 0.151 e. The predicted molar refractivity (Wildman–Crippen MR) is 77.6 cm³/mol. The number of fused-ring (bicyclic) bond motifs is 1. The fraction of sp³-hybridized carbons (Fsp3) is 0.200. The van der Waals surface area contributed by atoms with Crippen LogP contribution in [0.4, 0.5) is 0 Å². The van der Waals surface area contributed by atoms with Crippen LogP contribution >= 0.6 is 36.6 Å². The monoisotopic (exact) mass is 292 g/mol. The van der Waals surface area contributed by atoms with Crippen LogP contribution in [0, 0.1) is 12.3 Å². The summed E-state index contributed by atoms with van der Waals surface area (Å²) in [5.41, 5.74) is 8.38. The van der Waals surface area contributed by atoms with Crippen molar-refractivity contribution >= 4 is 47.4 Å². The second-order valence-electron chi connectivity index (χ2n) is 3.34. The van der Waals surface area contributed by atoms with Crippen LogP contribution < -0.4 is 5.73 Å². The Morgan fingerprint density at radius 2 is 2.12 bits per heavy atom. The summed E-state index contributed by atoms with van der Waals surface area (Å²) in [5.74, 6) is 0.725. The molecular weight excluding hydrogens is 279 g/mol. The molecule has 0 aliphatic carbocycles. The first kappa shape index (κ1) is 16.1. The number of thioether (sulfide) groups is 1. The lowest BCUT2D eigenvalue weighted by molar-refractivity contribution is 1.15. The number of nitrogens with zero attached hydrogens (tertiary/aromatic N) is 2. The number of aromatic nitrogens is 2. The molecule has 2 aromatic heterocycles. The summed E-state index contributed by atoms with van der Waals surface area (Å²) in [6.07, 6.45) is 4.00. The number of nitrogens with one attached hydrogen (secondary N) is 1. The van der Waals surface area contributed by atoms with Crippen molar-refractivity contribution in [1.29, 1.82) is 5.41 Å². The van der Waals surface area contributed by atoms with E-state index in [4.69, 9.17) is 11.1 Å². The van der Waals surface area contributed by atoms with Gasteiger partial charge in [-0.1, -0.05) is 17.8 Å². The van der Waals surface area contributed by atoms with Crippen LogP contribution in [-0.4, -0.2) is 14.6 Å². The van der Waals surface area contributed by atoms with E-state index >= 15 is 0 Å². The van der Waals surface area contributed by atoms with E-state index in [9.17, 15) is 0 Å². The molecular formula is C10H14Cl2N4S. The number of hydrogen-bond acceptors (Lipinski definition) is 3. The van der Waals surface area contributed by atoms with Crippen LogP contribution in [0.15, 0.2) is 24.5 Å². The first-order valence-corrected chi connectivity index (χ1v) is 5.55. The summed E-state index contributed by atoms with van der Waals surface area (Å²) in [4.78, 5) is 4.34. The van der Waals surface area contributed by atoms with E-state index in [1.807, 2.05) is 35.9 Å². The van der Waals surface area contributed by atoms with E-state index in [2.05, 4.69) is 4.98 Å². The highest BCUT2D eigenvalue weighted by atomic mass is 35.5. The molecule has 0 aliphatic rings. The van der Waals surface area contributed by atoms with Gasteiger partial charge in [0.1, 0.15) is 5.65 Å². The lowest BCUT2D eigenvalue weighted by atomic mass is 10.3. The van der Waals surface area contributed by atoms with Gasteiger partial charge in [-0.3, -0.25) is 5.41 Å². The third kappa shape index (κ3) is 4.11. The first-order valence-electron chi connectivity index (χ1n) is 4.56. The average molecular weight is 293 g/mol. The molecule has 0 saturated carbocycles. The number of rotatable bonds is 2. The molecule has 4 nitrogen and oxygen atoms in total. The minimum absolute atomic E-state index is 0. The largest absolute Gasteiger partial charge is 0.379 e. The Bertz CT molecular complexity index is 512. The third-order valence-electron chi connectivity index (χ3n) is 2.03. The maximum absolute atomic E-state index is 7.13. The summed E-state index contributed by atoms with van der Waals surface area (Å²) in [6.45, 7) is 1.97. The van der Waals surface area contributed by atoms with Gasteiger partial charge in [0.15, 0.2) is 5.17 Å². The van der Waals surface area contributed by atoms with Crippen LogP contribution in [0.1, 0.15) is 11.3 Å². The Hall–Kier alpha value is -0.910. The van der Waals surface area contributed by atoms with Crippen molar-refractivity contribution in [3.05, 3.63) is 35.8 Å².